The van der Waals surface area contributed by atoms with E-state index in [1.165, 1.54) is 24.8 Å². The Labute approximate surface area is 121 Å². The van der Waals surface area contributed by atoms with Gasteiger partial charge in [-0.25, -0.2) is 8.78 Å². The quantitative estimate of drug-likeness (QED) is 0.844. The topological polar surface area (TPSA) is 69.6 Å². The van der Waals surface area contributed by atoms with Gasteiger partial charge >= 0.3 is 5.97 Å². The number of hydrogen-bond donors (Lipinski definition) is 2. The molecule has 0 unspecified atom stereocenters. The van der Waals surface area contributed by atoms with Crippen LogP contribution < -0.4 is 5.32 Å². The van der Waals surface area contributed by atoms with Gasteiger partial charge in [0.15, 0.2) is 11.6 Å². The Morgan fingerprint density at radius 3 is 2.38 bits per heavy atom. The summed E-state index contributed by atoms with van der Waals surface area (Å²) < 4.78 is 25.8. The number of halogens is 2. The van der Waals surface area contributed by atoms with E-state index in [9.17, 15) is 18.4 Å². The van der Waals surface area contributed by atoms with Crippen LogP contribution in [0.4, 0.5) is 14.5 Å². The number of hydrogen-bond acceptors (Lipinski definition) is 3. The largest absolute Gasteiger partial charge is 0.480 e. The predicted octanol–water partition coefficient (Wildman–Crippen LogP) is 2.09. The summed E-state index contributed by atoms with van der Waals surface area (Å²) in [5.74, 6) is -3.62. The molecular formula is C14H18F2N2O3. The van der Waals surface area contributed by atoms with Crippen molar-refractivity contribution in [1.82, 2.24) is 4.90 Å². The Morgan fingerprint density at radius 1 is 1.29 bits per heavy atom. The number of amides is 1. The molecule has 0 aliphatic rings. The first kappa shape index (κ1) is 17.0. The van der Waals surface area contributed by atoms with Crippen molar-refractivity contribution in [2.45, 2.75) is 26.3 Å². The molecule has 0 atom stereocenters. The molecule has 116 valence electrons. The van der Waals surface area contributed by atoms with Crippen LogP contribution in [0.1, 0.15) is 20.8 Å². The van der Waals surface area contributed by atoms with Crippen molar-refractivity contribution < 1.29 is 23.5 Å². The second-order valence-corrected chi connectivity index (χ2v) is 5.06. The maximum Gasteiger partial charge on any atom is 0.323 e. The highest BCUT2D eigenvalue weighted by Gasteiger charge is 2.34. The molecule has 0 heterocycles. The van der Waals surface area contributed by atoms with E-state index in [0.29, 0.717) is 6.54 Å². The van der Waals surface area contributed by atoms with E-state index in [0.717, 1.165) is 12.1 Å². The van der Waals surface area contributed by atoms with Gasteiger partial charge in [-0.2, -0.15) is 0 Å². The number of rotatable bonds is 6. The van der Waals surface area contributed by atoms with E-state index >= 15 is 0 Å². The molecule has 7 heteroatoms. The van der Waals surface area contributed by atoms with Crippen LogP contribution in [0, 0.1) is 11.6 Å². The smallest absolute Gasteiger partial charge is 0.323 e. The van der Waals surface area contributed by atoms with Crippen molar-refractivity contribution in [3.63, 3.8) is 0 Å². The summed E-state index contributed by atoms with van der Waals surface area (Å²) in [5, 5.41) is 11.6. The molecule has 0 aliphatic carbocycles. The van der Waals surface area contributed by atoms with E-state index in [1.807, 2.05) is 0 Å². The monoisotopic (exact) mass is 300 g/mol. The zero-order valence-corrected chi connectivity index (χ0v) is 12.1. The van der Waals surface area contributed by atoms with Gasteiger partial charge in [0.05, 0.1) is 6.54 Å². The third-order valence-electron chi connectivity index (χ3n) is 3.23. The van der Waals surface area contributed by atoms with Gasteiger partial charge in [-0.1, -0.05) is 6.92 Å². The number of nitrogens with zero attached hydrogens (tertiary/aromatic N) is 1. The van der Waals surface area contributed by atoms with E-state index in [4.69, 9.17) is 5.11 Å². The van der Waals surface area contributed by atoms with Gasteiger partial charge in [0, 0.05) is 11.8 Å². The van der Waals surface area contributed by atoms with Crippen LogP contribution in [0.5, 0.6) is 0 Å². The molecule has 21 heavy (non-hydrogen) atoms. The van der Waals surface area contributed by atoms with E-state index in [-0.39, 0.29) is 12.2 Å². The first-order chi connectivity index (χ1) is 9.68. The average Bonchev–Trinajstić information content (AvgIpc) is 2.39. The molecule has 0 saturated carbocycles. The molecule has 0 aromatic heterocycles. The molecule has 1 aromatic rings. The van der Waals surface area contributed by atoms with E-state index in [1.54, 1.807) is 6.92 Å². The fourth-order valence-electron chi connectivity index (χ4n) is 1.79. The van der Waals surface area contributed by atoms with Gasteiger partial charge < -0.3 is 10.4 Å². The molecular weight excluding hydrogens is 282 g/mol. The van der Waals surface area contributed by atoms with Crippen molar-refractivity contribution in [3.8, 4) is 0 Å². The van der Waals surface area contributed by atoms with Crippen LogP contribution >= 0.6 is 0 Å². The number of carboxylic acids is 1. The Morgan fingerprint density at radius 2 is 1.90 bits per heavy atom. The van der Waals surface area contributed by atoms with E-state index < -0.39 is 29.0 Å². The van der Waals surface area contributed by atoms with Crippen LogP contribution in [0.3, 0.4) is 0 Å². The summed E-state index contributed by atoms with van der Waals surface area (Å²) in [6, 6.07) is 3.00. The number of likely N-dealkylation sites (N-methyl/N-ethyl adjacent to an activating group) is 1. The molecule has 0 aliphatic heterocycles. The number of carbonyl (C=O) groups is 2. The predicted molar refractivity (Wildman–Crippen MR) is 73.9 cm³/mol. The summed E-state index contributed by atoms with van der Waals surface area (Å²) >= 11 is 0. The summed E-state index contributed by atoms with van der Waals surface area (Å²) in [7, 11) is 0. The van der Waals surface area contributed by atoms with E-state index in [2.05, 4.69) is 5.32 Å². The number of aliphatic carboxylic acids is 1. The van der Waals surface area contributed by atoms with Crippen molar-refractivity contribution in [3.05, 3.63) is 29.8 Å². The first-order valence-electron chi connectivity index (χ1n) is 6.41. The standard InChI is InChI=1S/C14H18F2N2O3/c1-4-18(14(2,3)13(20)21)8-12(19)17-9-5-6-10(15)11(16)7-9/h5-7H,4,8H2,1-3H3,(H,17,19)(H,20,21). The normalized spacial score (nSPS) is 11.5. The van der Waals surface area contributed by atoms with Gasteiger partial charge in [0.25, 0.3) is 0 Å². The summed E-state index contributed by atoms with van der Waals surface area (Å²) in [4.78, 5) is 24.5. The van der Waals surface area contributed by atoms with Crippen LogP contribution in [-0.4, -0.2) is 40.5 Å². The minimum absolute atomic E-state index is 0.114. The highest BCUT2D eigenvalue weighted by atomic mass is 19.2. The third-order valence-corrected chi connectivity index (χ3v) is 3.23. The SMILES string of the molecule is CCN(CC(=O)Nc1ccc(F)c(F)c1)C(C)(C)C(=O)O. The summed E-state index contributed by atoms with van der Waals surface area (Å²) in [6.07, 6.45) is 0. The molecule has 1 amide bonds. The average molecular weight is 300 g/mol. The first-order valence-corrected chi connectivity index (χ1v) is 6.41. The summed E-state index contributed by atoms with van der Waals surface area (Å²) in [5.41, 5.74) is -1.09. The number of carbonyl (C=O) groups excluding carboxylic acids is 1. The Kier molecular flexibility index (Phi) is 5.37. The van der Waals surface area contributed by atoms with Gasteiger partial charge in [0.1, 0.15) is 5.54 Å². The third kappa shape index (κ3) is 4.22. The molecule has 2 N–H and O–H groups in total. The van der Waals surface area contributed by atoms with Gasteiger partial charge in [0.2, 0.25) is 5.91 Å². The molecule has 0 bridgehead atoms. The lowest BCUT2D eigenvalue weighted by molar-refractivity contribution is -0.149. The molecule has 0 saturated heterocycles. The van der Waals surface area contributed by atoms with Crippen LogP contribution in [0.25, 0.3) is 0 Å². The minimum atomic E-state index is -1.21. The fraction of sp³-hybridized carbons (Fsp3) is 0.429. The molecule has 1 rings (SSSR count). The van der Waals surface area contributed by atoms with Crippen molar-refractivity contribution in [2.24, 2.45) is 0 Å². The van der Waals surface area contributed by atoms with Gasteiger partial charge in [-0.15, -0.1) is 0 Å². The minimum Gasteiger partial charge on any atom is -0.480 e. The number of carboxylic acid groups (broad SMARTS) is 1. The molecule has 5 nitrogen and oxygen atoms in total. The second kappa shape index (κ2) is 6.62. The highest BCUT2D eigenvalue weighted by molar-refractivity contribution is 5.92. The van der Waals surface area contributed by atoms with Crippen LogP contribution in [-0.2, 0) is 9.59 Å². The molecule has 0 spiro atoms. The molecule has 1 aromatic carbocycles. The Balaban J connectivity index is 2.75. The van der Waals surface area contributed by atoms with Crippen molar-refractivity contribution >= 4 is 17.6 Å². The lowest BCUT2D eigenvalue weighted by atomic mass is 10.0. The molecule has 0 fully saturated rings. The number of nitrogens with one attached hydrogen (secondary N) is 1. The number of anilines is 1. The zero-order chi connectivity index (χ0) is 16.2. The van der Waals surface area contributed by atoms with Crippen molar-refractivity contribution in [2.75, 3.05) is 18.4 Å². The number of benzene rings is 1. The van der Waals surface area contributed by atoms with Crippen LogP contribution in [0.2, 0.25) is 0 Å². The fourth-order valence-corrected chi connectivity index (χ4v) is 1.79. The highest BCUT2D eigenvalue weighted by Crippen LogP contribution is 2.16. The summed E-state index contributed by atoms with van der Waals surface area (Å²) in [6.45, 7) is 4.89. The zero-order valence-electron chi connectivity index (χ0n) is 12.1. The Hall–Kier alpha value is -2.02. The lowest BCUT2D eigenvalue weighted by Crippen LogP contribution is -2.52. The lowest BCUT2D eigenvalue weighted by Gasteiger charge is -2.33. The molecule has 0 radical (unpaired) electrons. The van der Waals surface area contributed by atoms with Crippen molar-refractivity contribution in [1.29, 1.82) is 0 Å². The maximum atomic E-state index is 13.0. The maximum absolute atomic E-state index is 13.0. The van der Waals surface area contributed by atoms with Gasteiger partial charge in [-0.05, 0) is 32.5 Å². The van der Waals surface area contributed by atoms with Gasteiger partial charge in [-0.3, -0.25) is 14.5 Å². The Bertz CT molecular complexity index is 547. The second-order valence-electron chi connectivity index (χ2n) is 5.06. The van der Waals surface area contributed by atoms with Crippen LogP contribution in [0.15, 0.2) is 18.2 Å².